The summed E-state index contributed by atoms with van der Waals surface area (Å²) in [5.74, 6) is -1.89. The molecule has 66 valence electrons. The number of rotatable bonds is 4. The number of halogens is 2. The maximum atomic E-state index is 12.2. The Hall–Kier alpha value is -0.180. The first-order valence-electron chi connectivity index (χ1n) is 4.16. The van der Waals surface area contributed by atoms with Crippen LogP contribution in [-0.2, 0) is 0 Å². The summed E-state index contributed by atoms with van der Waals surface area (Å²) in [7, 11) is 0. The molecule has 1 N–H and O–H groups in total. The Balaban J connectivity index is 1.95. The first kappa shape index (κ1) is 8.91. The minimum atomic E-state index is -2.55. The molecular formula is C8H15F2N. The summed E-state index contributed by atoms with van der Waals surface area (Å²) in [6.07, 6.45) is 3.69. The molecule has 3 heteroatoms. The van der Waals surface area contributed by atoms with Crippen molar-refractivity contribution < 1.29 is 8.78 Å². The summed E-state index contributed by atoms with van der Waals surface area (Å²) in [6.45, 7) is 1.54. The fraction of sp³-hybridized carbons (Fsp3) is 1.00. The van der Waals surface area contributed by atoms with Crippen LogP contribution in [0.4, 0.5) is 8.78 Å². The maximum absolute atomic E-state index is 12.2. The maximum Gasteiger partial charge on any atom is 0.257 e. The topological polar surface area (TPSA) is 12.0 Å². The third-order valence-corrected chi connectivity index (χ3v) is 2.09. The largest absolute Gasteiger partial charge is 0.311 e. The van der Waals surface area contributed by atoms with E-state index >= 15 is 0 Å². The second-order valence-corrected chi connectivity index (χ2v) is 3.50. The highest BCUT2D eigenvalue weighted by Crippen LogP contribution is 2.25. The standard InChI is InChI=1S/C8H15F2N/c1-8(9,10)6-11-5-7-3-2-4-7/h7,11H,2-6H2,1H3. The zero-order valence-electron chi connectivity index (χ0n) is 6.87. The SMILES string of the molecule is CC(F)(F)CNCC1CCC1. The first-order chi connectivity index (χ1) is 5.08. The smallest absolute Gasteiger partial charge is 0.257 e. The van der Waals surface area contributed by atoms with Gasteiger partial charge in [-0.1, -0.05) is 6.42 Å². The van der Waals surface area contributed by atoms with Crippen molar-refractivity contribution in [2.75, 3.05) is 13.1 Å². The molecule has 0 amide bonds. The van der Waals surface area contributed by atoms with Crippen molar-refractivity contribution in [2.45, 2.75) is 32.1 Å². The molecule has 0 radical (unpaired) electrons. The predicted molar refractivity (Wildman–Crippen MR) is 40.8 cm³/mol. The van der Waals surface area contributed by atoms with E-state index in [1.54, 1.807) is 0 Å². The molecule has 1 rings (SSSR count). The van der Waals surface area contributed by atoms with Crippen LogP contribution >= 0.6 is 0 Å². The first-order valence-corrected chi connectivity index (χ1v) is 4.16. The zero-order chi connectivity index (χ0) is 8.32. The van der Waals surface area contributed by atoms with Gasteiger partial charge in [0.05, 0.1) is 6.54 Å². The van der Waals surface area contributed by atoms with Crippen LogP contribution in [0.5, 0.6) is 0 Å². The van der Waals surface area contributed by atoms with Gasteiger partial charge >= 0.3 is 0 Å². The highest BCUT2D eigenvalue weighted by Gasteiger charge is 2.22. The fourth-order valence-corrected chi connectivity index (χ4v) is 1.19. The van der Waals surface area contributed by atoms with Gasteiger partial charge in [-0.2, -0.15) is 0 Å². The Labute approximate surface area is 66.2 Å². The molecular weight excluding hydrogens is 148 g/mol. The molecule has 0 saturated heterocycles. The Morgan fingerprint density at radius 3 is 2.45 bits per heavy atom. The van der Waals surface area contributed by atoms with E-state index in [9.17, 15) is 8.78 Å². The highest BCUT2D eigenvalue weighted by molar-refractivity contribution is 4.73. The van der Waals surface area contributed by atoms with Gasteiger partial charge in [0.2, 0.25) is 0 Å². The van der Waals surface area contributed by atoms with Gasteiger partial charge in [-0.15, -0.1) is 0 Å². The molecule has 1 aliphatic rings. The number of hydrogen-bond donors (Lipinski definition) is 1. The summed E-state index contributed by atoms with van der Waals surface area (Å²) in [5, 5.41) is 2.78. The molecule has 1 saturated carbocycles. The monoisotopic (exact) mass is 163 g/mol. The van der Waals surface area contributed by atoms with E-state index in [2.05, 4.69) is 5.32 Å². The number of alkyl halides is 2. The fourth-order valence-electron chi connectivity index (χ4n) is 1.19. The van der Waals surface area contributed by atoms with Crippen molar-refractivity contribution in [1.82, 2.24) is 5.32 Å². The second kappa shape index (κ2) is 3.48. The molecule has 0 aromatic carbocycles. The number of hydrogen-bond acceptors (Lipinski definition) is 1. The molecule has 0 unspecified atom stereocenters. The highest BCUT2D eigenvalue weighted by atomic mass is 19.3. The lowest BCUT2D eigenvalue weighted by Gasteiger charge is -2.26. The van der Waals surface area contributed by atoms with Crippen LogP contribution in [0.15, 0.2) is 0 Å². The second-order valence-electron chi connectivity index (χ2n) is 3.50. The molecule has 1 fully saturated rings. The summed E-state index contributed by atoms with van der Waals surface area (Å²) < 4.78 is 24.5. The van der Waals surface area contributed by atoms with Gasteiger partial charge in [-0.3, -0.25) is 0 Å². The van der Waals surface area contributed by atoms with Crippen LogP contribution < -0.4 is 5.32 Å². The summed E-state index contributed by atoms with van der Waals surface area (Å²) in [5.41, 5.74) is 0. The van der Waals surface area contributed by atoms with Crippen LogP contribution in [0, 0.1) is 5.92 Å². The lowest BCUT2D eigenvalue weighted by molar-refractivity contribution is 0.0210. The normalized spacial score (nSPS) is 19.9. The minimum Gasteiger partial charge on any atom is -0.311 e. The molecule has 0 spiro atoms. The van der Waals surface area contributed by atoms with Gasteiger partial charge in [0, 0.05) is 6.92 Å². The van der Waals surface area contributed by atoms with Crippen molar-refractivity contribution in [3.63, 3.8) is 0 Å². The average molecular weight is 163 g/mol. The van der Waals surface area contributed by atoms with Crippen molar-refractivity contribution in [1.29, 1.82) is 0 Å². The Morgan fingerprint density at radius 2 is 2.09 bits per heavy atom. The van der Waals surface area contributed by atoms with Gasteiger partial charge in [-0.25, -0.2) is 8.78 Å². The molecule has 0 bridgehead atoms. The summed E-state index contributed by atoms with van der Waals surface area (Å²) in [6, 6.07) is 0. The van der Waals surface area contributed by atoms with E-state index in [0.717, 1.165) is 13.5 Å². The van der Waals surface area contributed by atoms with Crippen molar-refractivity contribution in [3.05, 3.63) is 0 Å². The van der Waals surface area contributed by atoms with Gasteiger partial charge in [0.15, 0.2) is 0 Å². The minimum absolute atomic E-state index is 0.177. The zero-order valence-corrected chi connectivity index (χ0v) is 6.87. The molecule has 0 aromatic rings. The third-order valence-electron chi connectivity index (χ3n) is 2.09. The molecule has 0 aliphatic heterocycles. The molecule has 0 aromatic heterocycles. The van der Waals surface area contributed by atoms with E-state index in [0.29, 0.717) is 5.92 Å². The predicted octanol–water partition coefficient (Wildman–Crippen LogP) is 2.03. The lowest BCUT2D eigenvalue weighted by atomic mass is 9.85. The van der Waals surface area contributed by atoms with Crippen LogP contribution in [0.2, 0.25) is 0 Å². The number of nitrogens with one attached hydrogen (secondary N) is 1. The van der Waals surface area contributed by atoms with Crippen LogP contribution in [-0.4, -0.2) is 19.0 Å². The van der Waals surface area contributed by atoms with Gasteiger partial charge in [0.25, 0.3) is 5.92 Å². The van der Waals surface area contributed by atoms with Crippen LogP contribution in [0.3, 0.4) is 0 Å². The van der Waals surface area contributed by atoms with Crippen molar-refractivity contribution >= 4 is 0 Å². The van der Waals surface area contributed by atoms with Gasteiger partial charge in [-0.05, 0) is 25.3 Å². The molecule has 11 heavy (non-hydrogen) atoms. The molecule has 0 atom stereocenters. The van der Waals surface area contributed by atoms with Crippen molar-refractivity contribution in [2.24, 2.45) is 5.92 Å². The molecule has 1 nitrogen and oxygen atoms in total. The third kappa shape index (κ3) is 3.65. The average Bonchev–Trinajstić information content (AvgIpc) is 1.73. The van der Waals surface area contributed by atoms with Gasteiger partial charge < -0.3 is 5.32 Å². The van der Waals surface area contributed by atoms with E-state index in [-0.39, 0.29) is 6.54 Å². The van der Waals surface area contributed by atoms with E-state index in [4.69, 9.17) is 0 Å². The van der Waals surface area contributed by atoms with Gasteiger partial charge in [0.1, 0.15) is 0 Å². The van der Waals surface area contributed by atoms with E-state index in [1.165, 1.54) is 19.3 Å². The van der Waals surface area contributed by atoms with Crippen molar-refractivity contribution in [3.8, 4) is 0 Å². The Morgan fingerprint density at radius 1 is 1.45 bits per heavy atom. The summed E-state index contributed by atoms with van der Waals surface area (Å²) in [4.78, 5) is 0. The van der Waals surface area contributed by atoms with Crippen LogP contribution in [0.25, 0.3) is 0 Å². The van der Waals surface area contributed by atoms with Crippen LogP contribution in [0.1, 0.15) is 26.2 Å². The summed E-state index contributed by atoms with van der Waals surface area (Å²) >= 11 is 0. The van der Waals surface area contributed by atoms with E-state index in [1.807, 2.05) is 0 Å². The Kier molecular flexibility index (Phi) is 2.82. The van der Waals surface area contributed by atoms with E-state index < -0.39 is 5.92 Å². The Bertz CT molecular complexity index is 116. The molecule has 0 heterocycles. The molecule has 1 aliphatic carbocycles. The lowest BCUT2D eigenvalue weighted by Crippen LogP contribution is -2.35. The quantitative estimate of drug-likeness (QED) is 0.668.